The molecule has 0 aliphatic heterocycles. The Morgan fingerprint density at radius 3 is 2.72 bits per heavy atom. The molecule has 2 aromatic rings. The number of amidine groups is 1. The highest BCUT2D eigenvalue weighted by molar-refractivity contribution is 5.93. The molecule has 0 bridgehead atoms. The number of hydrogen-bond donors (Lipinski definition) is 2. The van der Waals surface area contributed by atoms with Crippen LogP contribution in [0.1, 0.15) is 11.3 Å². The van der Waals surface area contributed by atoms with Gasteiger partial charge >= 0.3 is 0 Å². The Labute approximate surface area is 106 Å². The molecule has 0 aliphatic carbocycles. The van der Waals surface area contributed by atoms with Gasteiger partial charge in [-0.3, -0.25) is 15.4 Å². The molecule has 0 aromatic carbocycles. The van der Waals surface area contributed by atoms with Crippen molar-refractivity contribution in [1.82, 2.24) is 9.97 Å². The monoisotopic (exact) mass is 241 g/mol. The predicted molar refractivity (Wildman–Crippen MR) is 71.6 cm³/mol. The number of anilines is 1. The third kappa shape index (κ3) is 2.82. The summed E-state index contributed by atoms with van der Waals surface area (Å²) in [5.74, 6) is -0.0172. The lowest BCUT2D eigenvalue weighted by atomic mass is 10.2. The first kappa shape index (κ1) is 12.0. The highest BCUT2D eigenvalue weighted by atomic mass is 15.1. The molecule has 2 heterocycles. The van der Waals surface area contributed by atoms with Crippen molar-refractivity contribution < 1.29 is 0 Å². The highest BCUT2D eigenvalue weighted by Crippen LogP contribution is 2.14. The van der Waals surface area contributed by atoms with Gasteiger partial charge in [0.25, 0.3) is 0 Å². The molecule has 2 aromatic heterocycles. The van der Waals surface area contributed by atoms with Crippen LogP contribution in [-0.4, -0.2) is 22.9 Å². The van der Waals surface area contributed by atoms with Crippen LogP contribution in [0, 0.1) is 5.41 Å². The molecule has 2 rings (SSSR count). The van der Waals surface area contributed by atoms with Gasteiger partial charge in [0.15, 0.2) is 0 Å². The van der Waals surface area contributed by atoms with E-state index in [-0.39, 0.29) is 5.84 Å². The molecule has 0 saturated heterocycles. The Morgan fingerprint density at radius 2 is 2.17 bits per heavy atom. The van der Waals surface area contributed by atoms with E-state index in [4.69, 9.17) is 11.1 Å². The van der Waals surface area contributed by atoms with E-state index in [1.54, 1.807) is 18.5 Å². The Morgan fingerprint density at radius 1 is 1.33 bits per heavy atom. The van der Waals surface area contributed by atoms with E-state index in [1.165, 1.54) is 0 Å². The first-order valence-electron chi connectivity index (χ1n) is 5.57. The van der Waals surface area contributed by atoms with E-state index in [2.05, 4.69) is 14.9 Å². The number of aromatic nitrogens is 2. The zero-order valence-electron chi connectivity index (χ0n) is 10.2. The topological polar surface area (TPSA) is 78.9 Å². The van der Waals surface area contributed by atoms with Crippen LogP contribution in [0.3, 0.4) is 0 Å². The van der Waals surface area contributed by atoms with Crippen molar-refractivity contribution >= 4 is 11.5 Å². The fourth-order valence-electron chi connectivity index (χ4n) is 1.63. The van der Waals surface area contributed by atoms with Gasteiger partial charge < -0.3 is 10.6 Å². The normalized spacial score (nSPS) is 10.1. The molecule has 5 nitrogen and oxygen atoms in total. The van der Waals surface area contributed by atoms with Crippen LogP contribution >= 0.6 is 0 Å². The molecule has 18 heavy (non-hydrogen) atoms. The van der Waals surface area contributed by atoms with Crippen LogP contribution in [0.4, 0.5) is 5.69 Å². The smallest absolute Gasteiger partial charge is 0.141 e. The number of nitrogens with two attached hydrogens (primary N) is 1. The minimum Gasteiger partial charge on any atom is -0.382 e. The Bertz CT molecular complexity index is 521. The molecule has 0 unspecified atom stereocenters. The van der Waals surface area contributed by atoms with Gasteiger partial charge in [-0.05, 0) is 23.8 Å². The zero-order valence-corrected chi connectivity index (χ0v) is 10.2. The molecule has 0 spiro atoms. The second kappa shape index (κ2) is 5.27. The summed E-state index contributed by atoms with van der Waals surface area (Å²) >= 11 is 0. The summed E-state index contributed by atoms with van der Waals surface area (Å²) in [5.41, 5.74) is 7.97. The molecule has 92 valence electrons. The molecular weight excluding hydrogens is 226 g/mol. The van der Waals surface area contributed by atoms with Crippen molar-refractivity contribution in [1.29, 1.82) is 5.41 Å². The molecule has 0 aliphatic rings. The minimum atomic E-state index is -0.0172. The van der Waals surface area contributed by atoms with Crippen LogP contribution in [-0.2, 0) is 6.54 Å². The number of hydrogen-bond acceptors (Lipinski definition) is 4. The van der Waals surface area contributed by atoms with Crippen LogP contribution in [0.25, 0.3) is 0 Å². The Kier molecular flexibility index (Phi) is 3.52. The predicted octanol–water partition coefficient (Wildman–Crippen LogP) is 1.40. The average Bonchev–Trinajstić information content (AvgIpc) is 2.40. The summed E-state index contributed by atoms with van der Waals surface area (Å²) in [4.78, 5) is 10.3. The van der Waals surface area contributed by atoms with E-state index in [0.29, 0.717) is 5.69 Å². The minimum absolute atomic E-state index is 0.0172. The summed E-state index contributed by atoms with van der Waals surface area (Å²) in [6, 6.07) is 7.60. The van der Waals surface area contributed by atoms with Crippen LogP contribution in [0.5, 0.6) is 0 Å². The van der Waals surface area contributed by atoms with E-state index in [1.807, 2.05) is 31.4 Å². The number of rotatable bonds is 4. The number of nitrogens with one attached hydrogen (secondary N) is 1. The van der Waals surface area contributed by atoms with Crippen molar-refractivity contribution in [3.63, 3.8) is 0 Å². The summed E-state index contributed by atoms with van der Waals surface area (Å²) in [6.45, 7) is 0.759. The Balaban J connectivity index is 2.09. The number of nitrogen functional groups attached to an aromatic ring is 1. The van der Waals surface area contributed by atoms with Gasteiger partial charge in [0.05, 0.1) is 11.9 Å². The lowest BCUT2D eigenvalue weighted by Gasteiger charge is -2.18. The van der Waals surface area contributed by atoms with Crippen molar-refractivity contribution in [2.24, 2.45) is 5.73 Å². The van der Waals surface area contributed by atoms with Crippen LogP contribution in [0.15, 0.2) is 42.9 Å². The quantitative estimate of drug-likeness (QED) is 0.626. The SMILES string of the molecule is CN(Cc1cccnc1)c1ccc(C(=N)N)nc1. The Hall–Kier alpha value is -2.43. The lowest BCUT2D eigenvalue weighted by molar-refractivity contribution is 0.910. The molecule has 5 heteroatoms. The fraction of sp³-hybridized carbons (Fsp3) is 0.154. The second-order valence-corrected chi connectivity index (χ2v) is 4.03. The summed E-state index contributed by atoms with van der Waals surface area (Å²) in [5, 5.41) is 7.29. The molecule has 0 radical (unpaired) electrons. The van der Waals surface area contributed by atoms with Crippen molar-refractivity contribution in [3.8, 4) is 0 Å². The fourth-order valence-corrected chi connectivity index (χ4v) is 1.63. The average molecular weight is 241 g/mol. The first-order chi connectivity index (χ1) is 8.66. The molecule has 0 atom stereocenters. The zero-order chi connectivity index (χ0) is 13.0. The summed E-state index contributed by atoms with van der Waals surface area (Å²) in [6.07, 6.45) is 5.31. The lowest BCUT2D eigenvalue weighted by Crippen LogP contribution is -2.18. The first-order valence-corrected chi connectivity index (χ1v) is 5.57. The summed E-state index contributed by atoms with van der Waals surface area (Å²) in [7, 11) is 1.98. The summed E-state index contributed by atoms with van der Waals surface area (Å²) < 4.78 is 0. The second-order valence-electron chi connectivity index (χ2n) is 4.03. The molecule has 3 N–H and O–H groups in total. The van der Waals surface area contributed by atoms with E-state index in [9.17, 15) is 0 Å². The number of nitrogens with zero attached hydrogens (tertiary/aromatic N) is 3. The standard InChI is InChI=1S/C13H15N5/c1-18(9-10-3-2-6-16-7-10)11-4-5-12(13(14)15)17-8-11/h2-8H,9H2,1H3,(H3,14,15). The molecule has 0 saturated carbocycles. The van der Waals surface area contributed by atoms with Crippen molar-refractivity contribution in [3.05, 3.63) is 54.1 Å². The van der Waals surface area contributed by atoms with Gasteiger partial charge in [0, 0.05) is 26.0 Å². The third-order valence-corrected chi connectivity index (χ3v) is 2.61. The number of pyridine rings is 2. The maximum Gasteiger partial charge on any atom is 0.141 e. The van der Waals surface area contributed by atoms with Gasteiger partial charge in [-0.2, -0.15) is 0 Å². The van der Waals surface area contributed by atoms with Gasteiger partial charge in [-0.1, -0.05) is 6.07 Å². The van der Waals surface area contributed by atoms with Crippen LogP contribution in [0.2, 0.25) is 0 Å². The van der Waals surface area contributed by atoms with Gasteiger partial charge in [-0.25, -0.2) is 0 Å². The van der Waals surface area contributed by atoms with Gasteiger partial charge in [0.1, 0.15) is 11.5 Å². The molecule has 0 amide bonds. The van der Waals surface area contributed by atoms with E-state index in [0.717, 1.165) is 17.8 Å². The van der Waals surface area contributed by atoms with Crippen LogP contribution < -0.4 is 10.6 Å². The van der Waals surface area contributed by atoms with Crippen molar-refractivity contribution in [2.45, 2.75) is 6.54 Å². The largest absolute Gasteiger partial charge is 0.382 e. The van der Waals surface area contributed by atoms with Gasteiger partial charge in [0.2, 0.25) is 0 Å². The van der Waals surface area contributed by atoms with Gasteiger partial charge in [-0.15, -0.1) is 0 Å². The van der Waals surface area contributed by atoms with E-state index >= 15 is 0 Å². The third-order valence-electron chi connectivity index (χ3n) is 2.61. The van der Waals surface area contributed by atoms with E-state index < -0.39 is 0 Å². The maximum absolute atomic E-state index is 7.29. The molecule has 0 fully saturated rings. The van der Waals surface area contributed by atoms with Crippen molar-refractivity contribution in [2.75, 3.05) is 11.9 Å². The highest BCUT2D eigenvalue weighted by Gasteiger charge is 2.04. The maximum atomic E-state index is 7.29. The molecular formula is C13H15N5.